The van der Waals surface area contributed by atoms with Crippen LogP contribution in [0.25, 0.3) is 54.7 Å². The highest BCUT2D eigenvalue weighted by atomic mass is 14.9. The predicted octanol–water partition coefficient (Wildman–Crippen LogP) is 7.26. The van der Waals surface area contributed by atoms with Gasteiger partial charge in [0.2, 0.25) is 0 Å². The monoisotopic (exact) mass is 388 g/mol. The van der Waals surface area contributed by atoms with Crippen LogP contribution in [0.3, 0.4) is 0 Å². The largest absolute Gasteiger partial charge is 0.344 e. The lowest BCUT2D eigenvalue weighted by Crippen LogP contribution is -1.90. The third-order valence-electron chi connectivity index (χ3n) is 6.73. The zero-order valence-corrected chi connectivity index (χ0v) is 17.8. The third-order valence-corrected chi connectivity index (χ3v) is 6.73. The maximum Gasteiger partial charge on any atom is 0.0495 e. The number of aryl methyl sites for hydroxylation is 4. The molecule has 0 amide bonds. The fraction of sp³-hybridized carbons (Fsp3) is 0.143. The Kier molecular flexibility index (Phi) is 3.47. The number of rotatable bonds is 1. The van der Waals surface area contributed by atoms with Crippen molar-refractivity contribution in [3.63, 3.8) is 0 Å². The number of aromatic nitrogens is 2. The van der Waals surface area contributed by atoms with E-state index < -0.39 is 0 Å². The number of hydrogen-bond donors (Lipinski definition) is 0. The highest BCUT2D eigenvalue weighted by molar-refractivity contribution is 6.11. The molecule has 0 saturated carbocycles. The minimum absolute atomic E-state index is 1.27. The lowest BCUT2D eigenvalue weighted by atomic mass is 9.97. The molecule has 0 fully saturated rings. The van der Waals surface area contributed by atoms with Crippen LogP contribution in [-0.4, -0.2) is 9.13 Å². The summed E-state index contributed by atoms with van der Waals surface area (Å²) in [5.74, 6) is 0. The van der Waals surface area contributed by atoms with E-state index in [1.54, 1.807) is 0 Å². The van der Waals surface area contributed by atoms with Crippen molar-refractivity contribution in [2.45, 2.75) is 13.8 Å². The van der Waals surface area contributed by atoms with E-state index in [1.807, 2.05) is 0 Å². The van der Waals surface area contributed by atoms with Crippen molar-refractivity contribution in [2.75, 3.05) is 0 Å². The van der Waals surface area contributed by atoms with Crippen molar-refractivity contribution < 1.29 is 0 Å². The molecule has 30 heavy (non-hydrogen) atoms. The molecule has 4 aromatic carbocycles. The SMILES string of the molecule is Cc1ccc2c(c1)c1cc(C)c(-c3ccc4c5ccccc5n(C)c4c3)cc1n2C. The van der Waals surface area contributed by atoms with Crippen molar-refractivity contribution in [3.8, 4) is 11.1 Å². The van der Waals surface area contributed by atoms with E-state index in [0.717, 1.165) is 0 Å². The summed E-state index contributed by atoms with van der Waals surface area (Å²) in [5.41, 5.74) is 10.3. The fourth-order valence-electron chi connectivity index (χ4n) is 5.12. The summed E-state index contributed by atoms with van der Waals surface area (Å²) in [6.07, 6.45) is 0. The van der Waals surface area contributed by atoms with Crippen LogP contribution in [0, 0.1) is 13.8 Å². The van der Waals surface area contributed by atoms with Gasteiger partial charge in [0.25, 0.3) is 0 Å². The van der Waals surface area contributed by atoms with Gasteiger partial charge in [-0.3, -0.25) is 0 Å². The van der Waals surface area contributed by atoms with Crippen LogP contribution in [-0.2, 0) is 14.1 Å². The van der Waals surface area contributed by atoms with Gasteiger partial charge in [-0.2, -0.15) is 0 Å². The Morgan fingerprint density at radius 2 is 1.20 bits per heavy atom. The molecule has 146 valence electrons. The molecule has 0 radical (unpaired) electrons. The van der Waals surface area contributed by atoms with Gasteiger partial charge in [-0.15, -0.1) is 0 Å². The molecule has 2 aromatic heterocycles. The molecular formula is C28H24N2. The molecule has 6 aromatic rings. The smallest absolute Gasteiger partial charge is 0.0495 e. The van der Waals surface area contributed by atoms with E-state index in [-0.39, 0.29) is 0 Å². The van der Waals surface area contributed by atoms with Crippen molar-refractivity contribution in [2.24, 2.45) is 14.1 Å². The Morgan fingerprint density at radius 3 is 2.03 bits per heavy atom. The summed E-state index contributed by atoms with van der Waals surface area (Å²) in [5, 5.41) is 5.31. The van der Waals surface area contributed by atoms with Crippen molar-refractivity contribution >= 4 is 43.6 Å². The van der Waals surface area contributed by atoms with Crippen LogP contribution in [0.15, 0.2) is 72.8 Å². The van der Waals surface area contributed by atoms with Gasteiger partial charge >= 0.3 is 0 Å². The van der Waals surface area contributed by atoms with E-state index in [9.17, 15) is 0 Å². The van der Waals surface area contributed by atoms with Gasteiger partial charge in [-0.25, -0.2) is 0 Å². The van der Waals surface area contributed by atoms with Crippen LogP contribution >= 0.6 is 0 Å². The molecule has 0 spiro atoms. The molecule has 6 rings (SSSR count). The van der Waals surface area contributed by atoms with Gasteiger partial charge in [0.15, 0.2) is 0 Å². The lowest BCUT2D eigenvalue weighted by molar-refractivity contribution is 1.01. The first-order valence-corrected chi connectivity index (χ1v) is 10.5. The molecule has 0 N–H and O–H groups in total. The first kappa shape index (κ1) is 17.3. The molecule has 2 nitrogen and oxygen atoms in total. The number of para-hydroxylation sites is 1. The summed E-state index contributed by atoms with van der Waals surface area (Å²) in [7, 11) is 4.34. The summed E-state index contributed by atoms with van der Waals surface area (Å²) in [6, 6.07) is 27.0. The average Bonchev–Trinajstić information content (AvgIpc) is 3.19. The molecular weight excluding hydrogens is 364 g/mol. The lowest BCUT2D eigenvalue weighted by Gasteiger charge is -2.09. The Bertz CT molecular complexity index is 1630. The fourth-order valence-corrected chi connectivity index (χ4v) is 5.12. The van der Waals surface area contributed by atoms with E-state index in [4.69, 9.17) is 0 Å². The number of hydrogen-bond acceptors (Lipinski definition) is 0. The van der Waals surface area contributed by atoms with Crippen molar-refractivity contribution in [3.05, 3.63) is 83.9 Å². The second kappa shape index (κ2) is 5.99. The normalized spacial score (nSPS) is 12.0. The molecule has 2 heteroatoms. The van der Waals surface area contributed by atoms with Crippen LogP contribution in [0.2, 0.25) is 0 Å². The van der Waals surface area contributed by atoms with Crippen molar-refractivity contribution in [1.82, 2.24) is 9.13 Å². The minimum Gasteiger partial charge on any atom is -0.344 e. The molecule has 0 aliphatic heterocycles. The van der Waals surface area contributed by atoms with Crippen LogP contribution in [0.1, 0.15) is 11.1 Å². The van der Waals surface area contributed by atoms with E-state index in [0.29, 0.717) is 0 Å². The van der Waals surface area contributed by atoms with Gasteiger partial charge in [-0.1, -0.05) is 42.0 Å². The molecule has 2 heterocycles. The molecule has 0 aliphatic rings. The van der Waals surface area contributed by atoms with Gasteiger partial charge < -0.3 is 9.13 Å². The third kappa shape index (κ3) is 2.25. The number of benzene rings is 4. The van der Waals surface area contributed by atoms with Gasteiger partial charge in [0.05, 0.1) is 0 Å². The summed E-state index contributed by atoms with van der Waals surface area (Å²) < 4.78 is 4.63. The highest BCUT2D eigenvalue weighted by Gasteiger charge is 2.14. The Labute approximate surface area is 176 Å². The standard InChI is InChI=1S/C28H24N2/c1-17-9-12-26-23(13-17)24-14-18(2)22(16-28(24)30(26)4)19-10-11-21-20-7-5-6-8-25(20)29(3)27(21)15-19/h5-16H,1-4H3. The van der Waals surface area contributed by atoms with Crippen molar-refractivity contribution in [1.29, 1.82) is 0 Å². The first-order valence-electron chi connectivity index (χ1n) is 10.5. The number of nitrogens with zero attached hydrogens (tertiary/aromatic N) is 2. The van der Waals surface area contributed by atoms with Crippen LogP contribution in [0.4, 0.5) is 0 Å². The van der Waals surface area contributed by atoms with Gasteiger partial charge in [0, 0.05) is 57.7 Å². The second-order valence-electron chi connectivity index (χ2n) is 8.57. The average molecular weight is 389 g/mol. The first-order chi connectivity index (χ1) is 14.5. The van der Waals surface area contributed by atoms with Gasteiger partial charge in [-0.05, 0) is 66.9 Å². The molecule has 0 bridgehead atoms. The molecule has 0 unspecified atom stereocenters. The Morgan fingerprint density at radius 1 is 0.533 bits per heavy atom. The Balaban J connectivity index is 1.64. The molecule has 0 saturated heterocycles. The summed E-state index contributed by atoms with van der Waals surface area (Å²) >= 11 is 0. The maximum atomic E-state index is 2.36. The topological polar surface area (TPSA) is 9.86 Å². The van der Waals surface area contributed by atoms with E-state index in [2.05, 4.69) is 110 Å². The maximum absolute atomic E-state index is 2.36. The van der Waals surface area contributed by atoms with Crippen LogP contribution < -0.4 is 0 Å². The van der Waals surface area contributed by atoms with E-state index >= 15 is 0 Å². The van der Waals surface area contributed by atoms with Crippen LogP contribution in [0.5, 0.6) is 0 Å². The number of fused-ring (bicyclic) bond motifs is 6. The zero-order valence-electron chi connectivity index (χ0n) is 17.8. The molecule has 0 aliphatic carbocycles. The second-order valence-corrected chi connectivity index (χ2v) is 8.57. The van der Waals surface area contributed by atoms with Gasteiger partial charge in [0.1, 0.15) is 0 Å². The molecule has 0 atom stereocenters. The quantitative estimate of drug-likeness (QED) is 0.280. The highest BCUT2D eigenvalue weighted by Crippen LogP contribution is 2.37. The zero-order chi connectivity index (χ0) is 20.6. The minimum atomic E-state index is 1.27. The summed E-state index contributed by atoms with van der Waals surface area (Å²) in [4.78, 5) is 0. The van der Waals surface area contributed by atoms with E-state index in [1.165, 1.54) is 65.9 Å². The predicted molar refractivity (Wildman–Crippen MR) is 129 cm³/mol. The Hall–Kier alpha value is -3.52. The summed E-state index contributed by atoms with van der Waals surface area (Å²) in [6.45, 7) is 4.40.